The lowest BCUT2D eigenvalue weighted by Crippen LogP contribution is -2.45. The number of Topliss-reactive ketones (excluding diaryl/α,β-unsaturated/α-hetero) is 1. The molecule has 140 valence electrons. The summed E-state index contributed by atoms with van der Waals surface area (Å²) in [5.41, 5.74) is 5.08. The van der Waals surface area contributed by atoms with Crippen molar-refractivity contribution in [3.05, 3.63) is 46.3 Å². The van der Waals surface area contributed by atoms with Crippen molar-refractivity contribution < 1.29 is 19.1 Å². The molecule has 7 nitrogen and oxygen atoms in total. The van der Waals surface area contributed by atoms with Gasteiger partial charge in [-0.25, -0.2) is 0 Å². The Balaban J connectivity index is 2.26. The zero-order valence-electron chi connectivity index (χ0n) is 14.9. The van der Waals surface area contributed by atoms with Gasteiger partial charge in [0, 0.05) is 17.7 Å². The normalized spacial score (nSPS) is 28.9. The highest BCUT2D eigenvalue weighted by Crippen LogP contribution is 2.54. The van der Waals surface area contributed by atoms with Crippen LogP contribution in [-0.2, 0) is 19.1 Å². The van der Waals surface area contributed by atoms with Gasteiger partial charge in [0.1, 0.15) is 6.04 Å². The zero-order valence-corrected chi connectivity index (χ0v) is 15.7. The number of amides is 1. The highest BCUT2D eigenvalue weighted by molar-refractivity contribution is 7.08. The second-order valence-corrected chi connectivity index (χ2v) is 7.25. The SMILES string of the molecule is CCOC(=O)[C@]1(C#N)[C@@H](c2ccsc2)[C@@H](C(N)=O)N2C=C(C(C)=O)C=C[C@@H]21. The van der Waals surface area contributed by atoms with Crippen molar-refractivity contribution in [1.82, 2.24) is 4.90 Å². The molecule has 0 bridgehead atoms. The molecule has 8 heteroatoms. The Labute approximate surface area is 160 Å². The molecule has 0 spiro atoms. The van der Waals surface area contributed by atoms with E-state index in [-0.39, 0.29) is 12.4 Å². The van der Waals surface area contributed by atoms with Crippen molar-refractivity contribution in [3.63, 3.8) is 0 Å². The minimum absolute atomic E-state index is 0.102. The van der Waals surface area contributed by atoms with Crippen molar-refractivity contribution >= 4 is 29.0 Å². The van der Waals surface area contributed by atoms with Gasteiger partial charge in [-0.15, -0.1) is 0 Å². The summed E-state index contributed by atoms with van der Waals surface area (Å²) in [6.45, 7) is 3.17. The van der Waals surface area contributed by atoms with E-state index >= 15 is 0 Å². The average Bonchev–Trinajstić information content (AvgIpc) is 3.25. The van der Waals surface area contributed by atoms with Gasteiger partial charge in [0.2, 0.25) is 5.91 Å². The van der Waals surface area contributed by atoms with Crippen molar-refractivity contribution in [2.24, 2.45) is 11.1 Å². The maximum absolute atomic E-state index is 13.0. The summed E-state index contributed by atoms with van der Waals surface area (Å²) >= 11 is 1.40. The highest BCUT2D eigenvalue weighted by Gasteiger charge is 2.66. The van der Waals surface area contributed by atoms with Crippen LogP contribution in [0.4, 0.5) is 0 Å². The highest BCUT2D eigenvalue weighted by atomic mass is 32.1. The second kappa shape index (κ2) is 7.00. The molecule has 4 atom stereocenters. The topological polar surface area (TPSA) is 113 Å². The van der Waals surface area contributed by atoms with E-state index in [1.807, 2.05) is 5.38 Å². The fourth-order valence-corrected chi connectivity index (χ4v) is 4.62. The number of thiophene rings is 1. The third-order valence-corrected chi connectivity index (χ3v) is 5.76. The summed E-state index contributed by atoms with van der Waals surface area (Å²) < 4.78 is 5.24. The Bertz CT molecular complexity index is 883. The molecule has 1 saturated heterocycles. The first-order valence-electron chi connectivity index (χ1n) is 8.46. The van der Waals surface area contributed by atoms with Crippen LogP contribution < -0.4 is 5.73 Å². The number of esters is 1. The van der Waals surface area contributed by atoms with E-state index in [0.29, 0.717) is 11.1 Å². The van der Waals surface area contributed by atoms with E-state index in [0.717, 1.165) is 0 Å². The van der Waals surface area contributed by atoms with E-state index in [1.165, 1.54) is 24.5 Å². The van der Waals surface area contributed by atoms with Gasteiger partial charge >= 0.3 is 5.97 Å². The Morgan fingerprint density at radius 3 is 2.70 bits per heavy atom. The lowest BCUT2D eigenvalue weighted by atomic mass is 9.69. The molecule has 2 N–H and O–H groups in total. The molecule has 1 amide bonds. The van der Waals surface area contributed by atoms with Gasteiger partial charge < -0.3 is 15.4 Å². The summed E-state index contributed by atoms with van der Waals surface area (Å²) in [7, 11) is 0. The van der Waals surface area contributed by atoms with E-state index in [1.54, 1.807) is 35.4 Å². The molecular formula is C19H19N3O4S. The zero-order chi connectivity index (χ0) is 19.8. The molecule has 0 aliphatic carbocycles. The van der Waals surface area contributed by atoms with Crippen LogP contribution in [0, 0.1) is 16.7 Å². The molecular weight excluding hydrogens is 366 g/mol. The van der Waals surface area contributed by atoms with Crippen LogP contribution in [0.2, 0.25) is 0 Å². The van der Waals surface area contributed by atoms with E-state index < -0.39 is 35.3 Å². The maximum atomic E-state index is 13.0. The van der Waals surface area contributed by atoms with Gasteiger partial charge in [0.15, 0.2) is 11.2 Å². The number of hydrogen-bond acceptors (Lipinski definition) is 7. The third-order valence-electron chi connectivity index (χ3n) is 5.06. The molecule has 0 radical (unpaired) electrons. The van der Waals surface area contributed by atoms with Crippen LogP contribution >= 0.6 is 11.3 Å². The summed E-state index contributed by atoms with van der Waals surface area (Å²) in [4.78, 5) is 38.8. The van der Waals surface area contributed by atoms with E-state index in [9.17, 15) is 19.6 Å². The Morgan fingerprint density at radius 2 is 2.19 bits per heavy atom. The predicted octanol–water partition coefficient (Wildman–Crippen LogP) is 1.49. The Morgan fingerprint density at radius 1 is 1.44 bits per heavy atom. The molecule has 2 aliphatic rings. The van der Waals surface area contributed by atoms with Crippen LogP contribution in [0.1, 0.15) is 25.3 Å². The van der Waals surface area contributed by atoms with Crippen molar-refractivity contribution in [2.75, 3.05) is 6.61 Å². The molecule has 27 heavy (non-hydrogen) atoms. The van der Waals surface area contributed by atoms with Gasteiger partial charge in [0.05, 0.1) is 18.7 Å². The number of nitriles is 1. The number of allylic oxidation sites excluding steroid dienone is 2. The van der Waals surface area contributed by atoms with Gasteiger partial charge in [0.25, 0.3) is 0 Å². The largest absolute Gasteiger partial charge is 0.465 e. The Hall–Kier alpha value is -2.92. The van der Waals surface area contributed by atoms with E-state index in [2.05, 4.69) is 6.07 Å². The van der Waals surface area contributed by atoms with Gasteiger partial charge in [-0.05, 0) is 36.2 Å². The monoisotopic (exact) mass is 385 g/mol. The van der Waals surface area contributed by atoms with Crippen LogP contribution in [0.5, 0.6) is 0 Å². The summed E-state index contributed by atoms with van der Waals surface area (Å²) in [5, 5.41) is 13.8. The molecule has 3 rings (SSSR count). The average molecular weight is 385 g/mol. The summed E-state index contributed by atoms with van der Waals surface area (Å²) in [6, 6.07) is 2.18. The molecule has 2 aliphatic heterocycles. The number of rotatable bonds is 5. The molecule has 1 aromatic rings. The molecule has 1 fully saturated rings. The van der Waals surface area contributed by atoms with Crippen LogP contribution in [0.15, 0.2) is 40.8 Å². The number of carbonyl (C=O) groups excluding carboxylic acids is 3. The number of nitrogens with two attached hydrogens (primary N) is 1. The number of hydrogen-bond donors (Lipinski definition) is 1. The second-order valence-electron chi connectivity index (χ2n) is 6.47. The number of primary amides is 1. The van der Waals surface area contributed by atoms with Gasteiger partial charge in [-0.1, -0.05) is 12.2 Å². The maximum Gasteiger partial charge on any atom is 0.329 e. The molecule has 0 saturated carbocycles. The quantitative estimate of drug-likeness (QED) is 0.768. The number of nitrogens with zero attached hydrogens (tertiary/aromatic N) is 2. The van der Waals surface area contributed by atoms with Crippen LogP contribution in [-0.4, -0.2) is 41.3 Å². The third kappa shape index (κ3) is 2.75. The van der Waals surface area contributed by atoms with E-state index in [4.69, 9.17) is 10.5 Å². The van der Waals surface area contributed by atoms with Crippen LogP contribution in [0.3, 0.4) is 0 Å². The Kier molecular flexibility index (Phi) is 4.89. The van der Waals surface area contributed by atoms with Crippen molar-refractivity contribution in [2.45, 2.75) is 31.8 Å². The first-order chi connectivity index (χ1) is 12.9. The first kappa shape index (κ1) is 18.9. The van der Waals surface area contributed by atoms with Crippen molar-refractivity contribution in [3.8, 4) is 6.07 Å². The molecule has 1 aromatic heterocycles. The molecule has 0 aromatic carbocycles. The standard InChI is InChI=1S/C19H19N3O4S/c1-3-26-18(25)19(10-20)14-5-4-12(11(2)23)8-22(14)16(17(21)24)15(19)13-6-7-27-9-13/h4-9,14-16H,3H2,1-2H3,(H2,21,24)/t14-,15+,16+,19+/m1/s1. The number of ketones is 1. The predicted molar refractivity (Wildman–Crippen MR) is 98.3 cm³/mol. The fourth-order valence-electron chi connectivity index (χ4n) is 3.92. The number of carbonyl (C=O) groups is 3. The number of fused-ring (bicyclic) bond motifs is 1. The summed E-state index contributed by atoms with van der Waals surface area (Å²) in [6.07, 6.45) is 4.70. The lowest BCUT2D eigenvalue weighted by molar-refractivity contribution is -0.153. The lowest BCUT2D eigenvalue weighted by Gasteiger charge is -2.32. The number of ether oxygens (including phenoxy) is 1. The summed E-state index contributed by atoms with van der Waals surface area (Å²) in [5.74, 6) is -2.38. The molecule has 0 unspecified atom stereocenters. The smallest absolute Gasteiger partial charge is 0.329 e. The minimum Gasteiger partial charge on any atom is -0.465 e. The van der Waals surface area contributed by atoms with Gasteiger partial charge in [-0.3, -0.25) is 14.4 Å². The van der Waals surface area contributed by atoms with Crippen molar-refractivity contribution in [1.29, 1.82) is 5.26 Å². The minimum atomic E-state index is -1.66. The molecule has 3 heterocycles. The first-order valence-corrected chi connectivity index (χ1v) is 9.41. The fraction of sp³-hybridized carbons (Fsp3) is 0.368. The van der Waals surface area contributed by atoms with Crippen LogP contribution in [0.25, 0.3) is 0 Å². The van der Waals surface area contributed by atoms with Gasteiger partial charge in [-0.2, -0.15) is 16.6 Å².